The highest BCUT2D eigenvalue weighted by molar-refractivity contribution is 7.89. The molecule has 5 N–H and O–H groups in total. The Kier molecular flexibility index (Phi) is 2.60. The molecule has 0 amide bonds. The predicted molar refractivity (Wildman–Crippen MR) is 38.2 cm³/mol. The van der Waals surface area contributed by atoms with Gasteiger partial charge in [-0.15, -0.1) is 0 Å². The largest absolute Gasteiger partial charge is 0.480 e. The summed E-state index contributed by atoms with van der Waals surface area (Å²) in [5, 5.41) is 12.9. The summed E-state index contributed by atoms with van der Waals surface area (Å²) in [7, 11) is -3.83. The Morgan fingerprint density at radius 1 is 1.64 bits per heavy atom. The quantitative estimate of drug-likeness (QED) is 0.469. The first-order valence-electron chi connectivity index (χ1n) is 2.68. The monoisotopic (exact) mass is 182 g/mol. The van der Waals surface area contributed by atoms with Crippen LogP contribution in [0.2, 0.25) is 0 Å². The number of nitrogens with two attached hydrogens (primary N) is 2. The first kappa shape index (κ1) is 10.3. The van der Waals surface area contributed by atoms with Gasteiger partial charge in [-0.1, -0.05) is 0 Å². The topological polar surface area (TPSA) is 123 Å². The van der Waals surface area contributed by atoms with Gasteiger partial charge in [0, 0.05) is 0 Å². The normalized spacial score (nSPS) is 17.4. The zero-order valence-corrected chi connectivity index (χ0v) is 6.76. The summed E-state index contributed by atoms with van der Waals surface area (Å²) >= 11 is 0. The van der Waals surface area contributed by atoms with Crippen molar-refractivity contribution in [2.45, 2.75) is 12.5 Å². The fraction of sp³-hybridized carbons (Fsp3) is 0.750. The Balaban J connectivity index is 4.51. The number of rotatable bonds is 3. The predicted octanol–water partition coefficient (Wildman–Crippen LogP) is -1.92. The molecule has 66 valence electrons. The minimum atomic E-state index is -3.83. The number of carboxylic acid groups (broad SMARTS) is 1. The van der Waals surface area contributed by atoms with Gasteiger partial charge < -0.3 is 10.8 Å². The van der Waals surface area contributed by atoms with Gasteiger partial charge in [0.05, 0.1) is 5.75 Å². The van der Waals surface area contributed by atoms with Crippen LogP contribution in [0.5, 0.6) is 0 Å². The zero-order valence-electron chi connectivity index (χ0n) is 5.94. The van der Waals surface area contributed by atoms with Crippen LogP contribution >= 0.6 is 0 Å². The number of hydrogen-bond acceptors (Lipinski definition) is 4. The molecule has 0 spiro atoms. The van der Waals surface area contributed by atoms with Crippen molar-refractivity contribution < 1.29 is 18.3 Å². The molecule has 0 aliphatic heterocycles. The van der Waals surface area contributed by atoms with Crippen LogP contribution < -0.4 is 10.9 Å². The van der Waals surface area contributed by atoms with Gasteiger partial charge in [-0.2, -0.15) is 0 Å². The molecule has 0 aromatic rings. The molecule has 6 nitrogen and oxygen atoms in total. The van der Waals surface area contributed by atoms with Crippen molar-refractivity contribution in [2.75, 3.05) is 5.75 Å². The van der Waals surface area contributed by atoms with E-state index in [1.807, 2.05) is 0 Å². The van der Waals surface area contributed by atoms with E-state index in [2.05, 4.69) is 5.14 Å². The fourth-order valence-electron chi connectivity index (χ4n) is 0.480. The second-order valence-electron chi connectivity index (χ2n) is 2.53. The second kappa shape index (κ2) is 2.76. The van der Waals surface area contributed by atoms with Crippen LogP contribution in [0.1, 0.15) is 6.92 Å². The molecule has 7 heteroatoms. The first-order chi connectivity index (χ1) is 4.65. The molecule has 0 fully saturated rings. The summed E-state index contributed by atoms with van der Waals surface area (Å²) in [6.07, 6.45) is 0. The molecule has 11 heavy (non-hydrogen) atoms. The number of carboxylic acids is 1. The third-order valence-corrected chi connectivity index (χ3v) is 1.99. The highest BCUT2D eigenvalue weighted by atomic mass is 32.2. The first-order valence-corrected chi connectivity index (χ1v) is 4.39. The summed E-state index contributed by atoms with van der Waals surface area (Å²) in [4.78, 5) is 10.3. The van der Waals surface area contributed by atoms with Crippen LogP contribution in [0.15, 0.2) is 0 Å². The van der Waals surface area contributed by atoms with E-state index >= 15 is 0 Å². The van der Waals surface area contributed by atoms with E-state index in [1.165, 1.54) is 0 Å². The fourth-order valence-corrected chi connectivity index (χ4v) is 1.44. The number of carbonyl (C=O) groups is 1. The molecule has 0 aliphatic rings. The zero-order chi connectivity index (χ0) is 9.28. The van der Waals surface area contributed by atoms with Gasteiger partial charge in [-0.05, 0) is 6.92 Å². The van der Waals surface area contributed by atoms with E-state index in [4.69, 9.17) is 10.8 Å². The van der Waals surface area contributed by atoms with Crippen molar-refractivity contribution in [1.82, 2.24) is 0 Å². The third kappa shape index (κ3) is 3.91. The van der Waals surface area contributed by atoms with Crippen molar-refractivity contribution in [3.63, 3.8) is 0 Å². The van der Waals surface area contributed by atoms with Gasteiger partial charge in [-0.3, -0.25) is 4.79 Å². The van der Waals surface area contributed by atoms with Crippen molar-refractivity contribution >= 4 is 16.0 Å². The Hall–Kier alpha value is -0.660. The minimum Gasteiger partial charge on any atom is -0.480 e. The van der Waals surface area contributed by atoms with E-state index in [-0.39, 0.29) is 0 Å². The van der Waals surface area contributed by atoms with E-state index in [1.54, 1.807) is 0 Å². The third-order valence-electron chi connectivity index (χ3n) is 0.990. The van der Waals surface area contributed by atoms with Crippen LogP contribution in [-0.2, 0) is 14.8 Å². The van der Waals surface area contributed by atoms with Crippen molar-refractivity contribution in [3.8, 4) is 0 Å². The highest BCUT2D eigenvalue weighted by Gasteiger charge is 2.32. The summed E-state index contributed by atoms with van der Waals surface area (Å²) < 4.78 is 20.8. The molecular formula is C4H10N2O4S. The lowest BCUT2D eigenvalue weighted by Gasteiger charge is -2.16. The maximum Gasteiger partial charge on any atom is 0.324 e. The van der Waals surface area contributed by atoms with Crippen LogP contribution in [-0.4, -0.2) is 30.8 Å². The summed E-state index contributed by atoms with van der Waals surface area (Å²) in [6.45, 7) is 1.08. The number of sulfonamides is 1. The molecule has 1 atom stereocenters. The van der Waals surface area contributed by atoms with Crippen LogP contribution in [0.4, 0.5) is 0 Å². The van der Waals surface area contributed by atoms with Crippen LogP contribution in [0.3, 0.4) is 0 Å². The lowest BCUT2D eigenvalue weighted by atomic mass is 10.1. The average molecular weight is 182 g/mol. The molecule has 0 aromatic carbocycles. The Morgan fingerprint density at radius 3 is 2.09 bits per heavy atom. The summed E-state index contributed by atoms with van der Waals surface area (Å²) in [5.74, 6) is -2.17. The Labute approximate surface area is 64.2 Å². The molecule has 0 aliphatic carbocycles. The van der Waals surface area contributed by atoms with Gasteiger partial charge >= 0.3 is 5.97 Å². The molecule has 0 bridgehead atoms. The van der Waals surface area contributed by atoms with Crippen molar-refractivity contribution in [2.24, 2.45) is 10.9 Å². The summed E-state index contributed by atoms with van der Waals surface area (Å²) in [5.41, 5.74) is 3.28. The van der Waals surface area contributed by atoms with Crippen LogP contribution in [0, 0.1) is 0 Å². The highest BCUT2D eigenvalue weighted by Crippen LogP contribution is 2.01. The van der Waals surface area contributed by atoms with Gasteiger partial charge in [-0.25, -0.2) is 13.6 Å². The van der Waals surface area contributed by atoms with E-state index < -0.39 is 27.3 Å². The molecular weight excluding hydrogens is 172 g/mol. The Morgan fingerprint density at radius 2 is 2.00 bits per heavy atom. The average Bonchev–Trinajstić information content (AvgIpc) is 1.56. The molecule has 0 rings (SSSR count). The standard InChI is InChI=1S/C4H10N2O4S/c1-4(5,3(7)8)2-11(6,9)10/h2,5H2,1H3,(H,7,8)(H2,6,9,10)/t4-/m1/s1. The van der Waals surface area contributed by atoms with Gasteiger partial charge in [0.2, 0.25) is 10.0 Å². The summed E-state index contributed by atoms with van der Waals surface area (Å²) in [6, 6.07) is 0. The molecule has 0 saturated carbocycles. The Bertz CT molecular complexity index is 255. The molecule has 0 aromatic heterocycles. The van der Waals surface area contributed by atoms with E-state index in [9.17, 15) is 13.2 Å². The van der Waals surface area contributed by atoms with Gasteiger partial charge in [0.25, 0.3) is 0 Å². The number of hydrogen-bond donors (Lipinski definition) is 3. The lowest BCUT2D eigenvalue weighted by molar-refractivity contribution is -0.141. The maximum atomic E-state index is 10.4. The maximum absolute atomic E-state index is 10.4. The molecule has 0 unspecified atom stereocenters. The molecule has 0 saturated heterocycles. The van der Waals surface area contributed by atoms with Crippen molar-refractivity contribution in [1.29, 1.82) is 0 Å². The number of primary sulfonamides is 1. The second-order valence-corrected chi connectivity index (χ2v) is 4.14. The molecule has 0 heterocycles. The minimum absolute atomic E-state index is 0.769. The molecule has 0 radical (unpaired) electrons. The lowest BCUT2D eigenvalue weighted by Crippen LogP contribution is -2.51. The van der Waals surface area contributed by atoms with Gasteiger partial charge in [0.15, 0.2) is 0 Å². The van der Waals surface area contributed by atoms with E-state index in [0.717, 1.165) is 6.92 Å². The SMILES string of the molecule is C[C@@](N)(CS(N)(=O)=O)C(=O)O. The number of aliphatic carboxylic acids is 1. The van der Waals surface area contributed by atoms with Gasteiger partial charge in [0.1, 0.15) is 5.54 Å². The smallest absolute Gasteiger partial charge is 0.324 e. The van der Waals surface area contributed by atoms with E-state index in [0.29, 0.717) is 0 Å². The van der Waals surface area contributed by atoms with Crippen molar-refractivity contribution in [3.05, 3.63) is 0 Å². The van der Waals surface area contributed by atoms with Crippen LogP contribution in [0.25, 0.3) is 0 Å².